The molecule has 7 nitrogen and oxygen atoms in total. The van der Waals surface area contributed by atoms with Gasteiger partial charge in [0.25, 0.3) is 0 Å². The number of amides is 1. The maximum absolute atomic E-state index is 12.7. The number of Topliss-reactive ketones (excluding diaryl/α,β-unsaturated/α-hetero) is 1. The third-order valence-corrected chi connectivity index (χ3v) is 8.19. The van der Waals surface area contributed by atoms with E-state index < -0.39 is 6.29 Å². The molecule has 5 rings (SSSR count). The van der Waals surface area contributed by atoms with Crippen LogP contribution in [0.5, 0.6) is 0 Å². The average Bonchev–Trinajstić information content (AvgIpc) is 2.99. The number of aliphatic hydroxyl groups is 1. The number of likely N-dealkylation sites (tertiary alicyclic amines) is 1. The van der Waals surface area contributed by atoms with E-state index in [1.807, 2.05) is 48.5 Å². The van der Waals surface area contributed by atoms with E-state index in [0.717, 1.165) is 48.3 Å². The zero-order valence-corrected chi connectivity index (χ0v) is 24.5. The Bertz CT molecular complexity index is 1320. The highest BCUT2D eigenvalue weighted by molar-refractivity contribution is 5.97. The van der Waals surface area contributed by atoms with E-state index in [-0.39, 0.29) is 36.9 Å². The summed E-state index contributed by atoms with van der Waals surface area (Å²) in [4.78, 5) is 26.9. The van der Waals surface area contributed by atoms with Crippen molar-refractivity contribution in [1.82, 2.24) is 4.90 Å². The molecule has 2 aliphatic heterocycles. The van der Waals surface area contributed by atoms with Gasteiger partial charge in [-0.05, 0) is 61.7 Å². The maximum Gasteiger partial charge on any atom is 0.228 e. The fourth-order valence-corrected chi connectivity index (χ4v) is 5.82. The first-order chi connectivity index (χ1) is 20.5. The molecule has 3 aromatic carbocycles. The Morgan fingerprint density at radius 2 is 1.52 bits per heavy atom. The summed E-state index contributed by atoms with van der Waals surface area (Å²) in [5.74, 6) is -0.185. The lowest BCUT2D eigenvalue weighted by Gasteiger charge is -2.38. The highest BCUT2D eigenvalue weighted by atomic mass is 16.7. The summed E-state index contributed by atoms with van der Waals surface area (Å²) < 4.78 is 13.1. The zero-order valence-electron chi connectivity index (χ0n) is 24.5. The first kappa shape index (κ1) is 30.1. The van der Waals surface area contributed by atoms with Crippen LogP contribution in [0.15, 0.2) is 72.8 Å². The number of ether oxygens (including phenoxy) is 2. The molecule has 0 bridgehead atoms. The Morgan fingerprint density at radius 1 is 0.857 bits per heavy atom. The molecule has 2 saturated heterocycles. The number of aliphatic hydroxyl groups excluding tert-OH is 1. The molecule has 7 heteroatoms. The lowest BCUT2D eigenvalue weighted by molar-refractivity contribution is -0.253. The minimum absolute atomic E-state index is 0.0182. The van der Waals surface area contributed by atoms with E-state index in [1.165, 1.54) is 39.0 Å². The van der Waals surface area contributed by atoms with Crippen molar-refractivity contribution < 1.29 is 24.2 Å². The fraction of sp³-hybridized carbons (Fsp3) is 0.429. The summed E-state index contributed by atoms with van der Waals surface area (Å²) >= 11 is 0. The summed E-state index contributed by atoms with van der Waals surface area (Å²) in [6.45, 7) is 4.63. The second kappa shape index (κ2) is 14.7. The van der Waals surface area contributed by atoms with E-state index in [1.54, 1.807) is 24.3 Å². The molecule has 0 radical (unpaired) electrons. The number of anilines is 1. The quantitative estimate of drug-likeness (QED) is 0.291. The number of ketones is 1. The van der Waals surface area contributed by atoms with Crippen LogP contribution < -0.4 is 5.32 Å². The van der Waals surface area contributed by atoms with Gasteiger partial charge in [-0.3, -0.25) is 9.59 Å². The molecule has 2 heterocycles. The van der Waals surface area contributed by atoms with Crippen LogP contribution in [0.3, 0.4) is 0 Å². The van der Waals surface area contributed by atoms with Crippen LogP contribution in [0.25, 0.3) is 0 Å². The van der Waals surface area contributed by atoms with Crippen molar-refractivity contribution in [1.29, 1.82) is 0 Å². The van der Waals surface area contributed by atoms with E-state index in [0.29, 0.717) is 11.3 Å². The molecule has 2 aliphatic rings. The van der Waals surface area contributed by atoms with E-state index in [2.05, 4.69) is 10.2 Å². The number of hydrogen-bond donors (Lipinski definition) is 2. The number of benzene rings is 3. The molecular formula is C35H42N2O5. The maximum atomic E-state index is 12.7. The summed E-state index contributed by atoms with van der Waals surface area (Å²) in [6, 6.07) is 22.8. The van der Waals surface area contributed by atoms with Crippen molar-refractivity contribution in [3.05, 3.63) is 101 Å². The molecule has 3 unspecified atom stereocenters. The van der Waals surface area contributed by atoms with Gasteiger partial charge >= 0.3 is 0 Å². The molecule has 0 aromatic heterocycles. The van der Waals surface area contributed by atoms with Crippen molar-refractivity contribution in [2.24, 2.45) is 0 Å². The molecule has 0 spiro atoms. The van der Waals surface area contributed by atoms with Crippen molar-refractivity contribution in [3.8, 4) is 0 Å². The van der Waals surface area contributed by atoms with Crippen LogP contribution in [0, 0.1) is 0 Å². The normalized spacial score (nSPS) is 21.7. The molecule has 1 amide bonds. The Kier molecular flexibility index (Phi) is 10.5. The Hall–Kier alpha value is -3.36. The standard InChI is InChI=1S/C35H42N2O5/c1-25(39)30-8-7-9-31(21-30)36-34(40)20-26-10-16-29(17-11-26)35-41-32(23-37-18-5-3-2-4-6-19-37)22-33(42-35)28-14-12-27(24-38)13-15-28/h7-17,21,32-33,35,38H,2-6,18-20,22-24H2,1H3,(H,36,40). The minimum Gasteiger partial charge on any atom is -0.392 e. The van der Waals surface area contributed by atoms with Crippen LogP contribution in [0.2, 0.25) is 0 Å². The predicted octanol–water partition coefficient (Wildman–Crippen LogP) is 6.37. The zero-order chi connectivity index (χ0) is 29.3. The molecular weight excluding hydrogens is 528 g/mol. The molecule has 3 aromatic rings. The topological polar surface area (TPSA) is 88.1 Å². The number of nitrogens with zero attached hydrogens (tertiary/aromatic N) is 1. The van der Waals surface area contributed by atoms with Gasteiger partial charge in [0.05, 0.1) is 25.2 Å². The van der Waals surface area contributed by atoms with Crippen molar-refractivity contribution in [3.63, 3.8) is 0 Å². The molecule has 3 atom stereocenters. The number of rotatable bonds is 9. The van der Waals surface area contributed by atoms with E-state index >= 15 is 0 Å². The predicted molar refractivity (Wildman–Crippen MR) is 163 cm³/mol. The Balaban J connectivity index is 1.26. The second-order valence-corrected chi connectivity index (χ2v) is 11.5. The average molecular weight is 571 g/mol. The van der Waals surface area contributed by atoms with Crippen molar-refractivity contribution in [2.45, 2.75) is 77.0 Å². The fourth-order valence-electron chi connectivity index (χ4n) is 5.82. The summed E-state index contributed by atoms with van der Waals surface area (Å²) in [6.07, 6.45) is 6.77. The molecule has 0 aliphatic carbocycles. The Morgan fingerprint density at radius 3 is 2.21 bits per heavy atom. The summed E-state index contributed by atoms with van der Waals surface area (Å²) in [5.41, 5.74) is 4.94. The van der Waals surface area contributed by atoms with Gasteiger partial charge in [-0.1, -0.05) is 79.9 Å². The number of hydrogen-bond acceptors (Lipinski definition) is 6. The molecule has 2 fully saturated rings. The highest BCUT2D eigenvalue weighted by Crippen LogP contribution is 2.38. The number of carbonyl (C=O) groups is 2. The van der Waals surface area contributed by atoms with Gasteiger partial charge in [-0.15, -0.1) is 0 Å². The summed E-state index contributed by atoms with van der Waals surface area (Å²) in [5, 5.41) is 12.4. The molecule has 222 valence electrons. The third-order valence-electron chi connectivity index (χ3n) is 8.19. The minimum atomic E-state index is -0.516. The van der Waals surface area contributed by atoms with Crippen LogP contribution >= 0.6 is 0 Å². The molecule has 2 N–H and O–H groups in total. The van der Waals surface area contributed by atoms with E-state index in [9.17, 15) is 14.7 Å². The first-order valence-corrected chi connectivity index (χ1v) is 15.2. The van der Waals surface area contributed by atoms with E-state index in [4.69, 9.17) is 9.47 Å². The van der Waals surface area contributed by atoms with Crippen molar-refractivity contribution in [2.75, 3.05) is 25.0 Å². The van der Waals surface area contributed by atoms with Crippen LogP contribution in [-0.4, -0.2) is 47.4 Å². The van der Waals surface area contributed by atoms with Gasteiger partial charge in [0.2, 0.25) is 5.91 Å². The highest BCUT2D eigenvalue weighted by Gasteiger charge is 2.33. The van der Waals surface area contributed by atoms with Gasteiger partial charge in [-0.25, -0.2) is 0 Å². The first-order valence-electron chi connectivity index (χ1n) is 15.2. The molecule has 42 heavy (non-hydrogen) atoms. The van der Waals surface area contributed by atoms with Gasteiger partial charge < -0.3 is 24.8 Å². The Labute approximate surface area is 248 Å². The lowest BCUT2D eigenvalue weighted by Crippen LogP contribution is -2.40. The second-order valence-electron chi connectivity index (χ2n) is 11.5. The van der Waals surface area contributed by atoms with Gasteiger partial charge in [0.15, 0.2) is 12.1 Å². The number of carbonyl (C=O) groups excluding carboxylic acids is 2. The monoisotopic (exact) mass is 570 g/mol. The third kappa shape index (κ3) is 8.35. The van der Waals surface area contributed by atoms with Gasteiger partial charge in [0, 0.05) is 29.8 Å². The van der Waals surface area contributed by atoms with Gasteiger partial charge in [-0.2, -0.15) is 0 Å². The van der Waals surface area contributed by atoms with Crippen LogP contribution in [-0.2, 0) is 27.3 Å². The number of nitrogens with one attached hydrogen (secondary N) is 1. The smallest absolute Gasteiger partial charge is 0.228 e. The van der Waals surface area contributed by atoms with Crippen molar-refractivity contribution >= 4 is 17.4 Å². The lowest BCUT2D eigenvalue weighted by atomic mass is 9.99. The van der Waals surface area contributed by atoms with Crippen LogP contribution in [0.1, 0.15) is 90.5 Å². The largest absolute Gasteiger partial charge is 0.392 e. The van der Waals surface area contributed by atoms with Crippen LogP contribution in [0.4, 0.5) is 5.69 Å². The SMILES string of the molecule is CC(=O)c1cccc(NC(=O)Cc2ccc(C3OC(CN4CCCCCCC4)CC(c4ccc(CO)cc4)O3)cc2)c1. The van der Waals surface area contributed by atoms with Gasteiger partial charge in [0.1, 0.15) is 0 Å². The summed E-state index contributed by atoms with van der Waals surface area (Å²) in [7, 11) is 0. The molecule has 0 saturated carbocycles.